The molecule has 0 fully saturated rings. The molecular weight excluding hydrogens is 556 g/mol. The van der Waals surface area contributed by atoms with Crippen molar-refractivity contribution in [1.82, 2.24) is 0 Å². The van der Waals surface area contributed by atoms with Crippen molar-refractivity contribution in [3.8, 4) is 0 Å². The lowest BCUT2D eigenvalue weighted by Crippen LogP contribution is -2.28. The second kappa shape index (κ2) is 31.0. The van der Waals surface area contributed by atoms with E-state index in [4.69, 9.17) is 9.47 Å². The van der Waals surface area contributed by atoms with Gasteiger partial charge in [-0.05, 0) is 57.3 Å². The van der Waals surface area contributed by atoms with Crippen molar-refractivity contribution in [2.75, 3.05) is 13.2 Å². The van der Waals surface area contributed by atoms with Gasteiger partial charge < -0.3 is 24.8 Å². The van der Waals surface area contributed by atoms with Crippen molar-refractivity contribution < 1.29 is 34.4 Å². The second-order valence-corrected chi connectivity index (χ2v) is 12.4. The fourth-order valence-corrected chi connectivity index (χ4v) is 4.72. The molecule has 0 aromatic rings. The molecule has 3 N–H and O–H groups in total. The lowest BCUT2D eigenvalue weighted by molar-refractivity contribution is -0.161. The zero-order valence-electron chi connectivity index (χ0n) is 28.3. The van der Waals surface area contributed by atoms with Crippen molar-refractivity contribution in [2.24, 2.45) is 5.92 Å². The van der Waals surface area contributed by atoms with Gasteiger partial charge in [0.1, 0.15) is 6.61 Å². The highest BCUT2D eigenvalue weighted by Gasteiger charge is 2.18. The monoisotopic (exact) mass is 622 g/mol. The molecule has 7 nitrogen and oxygen atoms in total. The van der Waals surface area contributed by atoms with Crippen LogP contribution in [-0.4, -0.2) is 58.8 Å². The number of esters is 2. The van der Waals surface area contributed by atoms with E-state index in [1.165, 1.54) is 57.8 Å². The topological polar surface area (TPSA) is 113 Å². The van der Waals surface area contributed by atoms with Gasteiger partial charge in [0.15, 0.2) is 6.10 Å². The Hall–Kier alpha value is -1.96. The van der Waals surface area contributed by atoms with Crippen LogP contribution in [0.2, 0.25) is 0 Å². The summed E-state index contributed by atoms with van der Waals surface area (Å²) in [7, 11) is 0. The first-order chi connectivity index (χ1) is 21.3. The van der Waals surface area contributed by atoms with Gasteiger partial charge in [-0.1, -0.05) is 121 Å². The maximum Gasteiger partial charge on any atom is 0.306 e. The summed E-state index contributed by atoms with van der Waals surface area (Å²) in [6.45, 7) is 6.12. The zero-order chi connectivity index (χ0) is 32.7. The third-order valence-electron chi connectivity index (χ3n) is 7.57. The van der Waals surface area contributed by atoms with Gasteiger partial charge in [-0.3, -0.25) is 9.59 Å². The van der Waals surface area contributed by atoms with Crippen LogP contribution >= 0.6 is 0 Å². The first-order valence-corrected chi connectivity index (χ1v) is 17.6. The van der Waals surface area contributed by atoms with Crippen LogP contribution in [0.1, 0.15) is 149 Å². The summed E-state index contributed by atoms with van der Waals surface area (Å²) >= 11 is 0. The molecule has 0 saturated carbocycles. The number of aliphatic hydroxyl groups excluding tert-OH is 3. The molecule has 256 valence electrons. The molecule has 0 amide bonds. The number of rotatable bonds is 30. The molecule has 2 unspecified atom stereocenters. The van der Waals surface area contributed by atoms with Crippen LogP contribution in [0.3, 0.4) is 0 Å². The van der Waals surface area contributed by atoms with Crippen molar-refractivity contribution in [3.63, 3.8) is 0 Å². The van der Waals surface area contributed by atoms with E-state index >= 15 is 0 Å². The number of allylic oxidation sites excluding steroid dienone is 5. The molecule has 0 spiro atoms. The number of unbranched alkanes of at least 4 members (excludes halogenated alkanes) is 10. The molecule has 7 heteroatoms. The summed E-state index contributed by atoms with van der Waals surface area (Å²) in [6.07, 6.45) is 28.2. The van der Waals surface area contributed by atoms with E-state index in [1.807, 2.05) is 12.2 Å². The highest BCUT2D eigenvalue weighted by molar-refractivity contribution is 5.70. The molecule has 0 aliphatic carbocycles. The fourth-order valence-electron chi connectivity index (χ4n) is 4.72. The van der Waals surface area contributed by atoms with Crippen LogP contribution in [0.15, 0.2) is 36.5 Å². The predicted molar refractivity (Wildman–Crippen MR) is 180 cm³/mol. The SMILES string of the molecule is CCCCC/C=C\C/C=C\C/C=C\CC(O)C(O)CCCC(=O)OC[C@H](CO)OC(=O)CCCCCCCCCCC(C)C. The van der Waals surface area contributed by atoms with E-state index in [9.17, 15) is 24.9 Å². The lowest BCUT2D eigenvalue weighted by Gasteiger charge is -2.17. The summed E-state index contributed by atoms with van der Waals surface area (Å²) < 4.78 is 10.4. The number of carbonyl (C=O) groups excluding carboxylic acids is 2. The van der Waals surface area contributed by atoms with Gasteiger partial charge in [0.25, 0.3) is 0 Å². The minimum absolute atomic E-state index is 0.0707. The lowest BCUT2D eigenvalue weighted by atomic mass is 10.0. The molecule has 0 radical (unpaired) electrons. The van der Waals surface area contributed by atoms with Gasteiger partial charge in [-0.25, -0.2) is 0 Å². The van der Waals surface area contributed by atoms with Gasteiger partial charge in [0.2, 0.25) is 0 Å². The van der Waals surface area contributed by atoms with Crippen LogP contribution < -0.4 is 0 Å². The maximum atomic E-state index is 12.1. The average molecular weight is 623 g/mol. The molecule has 0 saturated heterocycles. The van der Waals surface area contributed by atoms with Crippen LogP contribution in [0.5, 0.6) is 0 Å². The molecule has 0 aliphatic heterocycles. The zero-order valence-corrected chi connectivity index (χ0v) is 28.3. The average Bonchev–Trinajstić information content (AvgIpc) is 3.00. The molecule has 0 heterocycles. The Labute approximate surface area is 269 Å². The van der Waals surface area contributed by atoms with E-state index in [2.05, 4.69) is 45.1 Å². The highest BCUT2D eigenvalue weighted by Crippen LogP contribution is 2.14. The Morgan fingerprint density at radius 2 is 1.25 bits per heavy atom. The Bertz CT molecular complexity index is 759. The van der Waals surface area contributed by atoms with Crippen LogP contribution in [-0.2, 0) is 19.1 Å². The van der Waals surface area contributed by atoms with Crippen LogP contribution in [0, 0.1) is 5.92 Å². The van der Waals surface area contributed by atoms with Gasteiger partial charge in [0.05, 0.1) is 18.8 Å². The maximum absolute atomic E-state index is 12.1. The summed E-state index contributed by atoms with van der Waals surface area (Å²) in [4.78, 5) is 24.2. The number of hydrogen-bond acceptors (Lipinski definition) is 7. The Balaban J connectivity index is 3.88. The fraction of sp³-hybridized carbons (Fsp3) is 0.784. The Kier molecular flexibility index (Phi) is 29.7. The highest BCUT2D eigenvalue weighted by atomic mass is 16.6. The van der Waals surface area contributed by atoms with Crippen molar-refractivity contribution in [1.29, 1.82) is 0 Å². The van der Waals surface area contributed by atoms with Gasteiger partial charge in [-0.2, -0.15) is 0 Å². The standard InChI is InChI=1S/C37H66O7/c1-4-5-6-7-8-9-10-11-12-16-19-22-26-34(39)35(40)27-24-29-36(41)43-31-33(30-38)44-37(42)28-23-20-17-14-13-15-18-21-25-32(2)3/h8-9,11-12,19,22,32-35,38-40H,4-7,10,13-18,20-21,23-31H2,1-3H3/b9-8-,12-11-,22-19-/t33-,34?,35?/m0/s1. The van der Waals surface area contributed by atoms with Crippen molar-refractivity contribution in [3.05, 3.63) is 36.5 Å². The van der Waals surface area contributed by atoms with Crippen molar-refractivity contribution in [2.45, 2.75) is 167 Å². The molecule has 44 heavy (non-hydrogen) atoms. The smallest absolute Gasteiger partial charge is 0.306 e. The molecule has 3 atom stereocenters. The molecule has 0 rings (SSSR count). The van der Waals surface area contributed by atoms with E-state index in [0.29, 0.717) is 19.3 Å². The molecule has 0 aliphatic rings. The van der Waals surface area contributed by atoms with Crippen LogP contribution in [0.25, 0.3) is 0 Å². The number of carbonyl (C=O) groups is 2. The molecule has 0 aromatic carbocycles. The van der Waals surface area contributed by atoms with Crippen LogP contribution in [0.4, 0.5) is 0 Å². The predicted octanol–water partition coefficient (Wildman–Crippen LogP) is 8.30. The summed E-state index contributed by atoms with van der Waals surface area (Å²) in [5.41, 5.74) is 0. The molecule has 0 aromatic heterocycles. The van der Waals surface area contributed by atoms with Crippen molar-refractivity contribution >= 4 is 11.9 Å². The first kappa shape index (κ1) is 42.0. The number of ether oxygens (including phenoxy) is 2. The third-order valence-corrected chi connectivity index (χ3v) is 7.57. The molecular formula is C37H66O7. The van der Waals surface area contributed by atoms with Gasteiger partial charge >= 0.3 is 11.9 Å². The summed E-state index contributed by atoms with van der Waals surface area (Å²) in [6, 6.07) is 0. The van der Waals surface area contributed by atoms with E-state index < -0.39 is 30.9 Å². The van der Waals surface area contributed by atoms with E-state index in [-0.39, 0.29) is 25.4 Å². The Morgan fingerprint density at radius 3 is 1.89 bits per heavy atom. The van der Waals surface area contributed by atoms with Gasteiger partial charge in [0, 0.05) is 12.8 Å². The summed E-state index contributed by atoms with van der Waals surface area (Å²) in [5.74, 6) is -0.0960. The van der Waals surface area contributed by atoms with E-state index in [0.717, 1.165) is 44.4 Å². The third kappa shape index (κ3) is 28.8. The number of hydrogen-bond donors (Lipinski definition) is 3. The van der Waals surface area contributed by atoms with E-state index in [1.54, 1.807) is 0 Å². The van der Waals surface area contributed by atoms with Gasteiger partial charge in [-0.15, -0.1) is 0 Å². The minimum Gasteiger partial charge on any atom is -0.462 e. The normalized spacial score (nSPS) is 14.2. The second-order valence-electron chi connectivity index (χ2n) is 12.4. The number of aliphatic hydroxyl groups is 3. The minimum atomic E-state index is -0.929. The molecule has 0 bridgehead atoms. The largest absolute Gasteiger partial charge is 0.462 e. The quantitative estimate of drug-likeness (QED) is 0.0419. The summed E-state index contributed by atoms with van der Waals surface area (Å²) in [5, 5.41) is 29.9. The first-order valence-electron chi connectivity index (χ1n) is 17.6. The Morgan fingerprint density at radius 1 is 0.659 bits per heavy atom.